The summed E-state index contributed by atoms with van der Waals surface area (Å²) in [5.74, 6) is 0.956. The van der Waals surface area contributed by atoms with Crippen LogP contribution in [0.4, 0.5) is 0 Å². The van der Waals surface area contributed by atoms with E-state index in [1.54, 1.807) is 11.3 Å². The predicted octanol–water partition coefficient (Wildman–Crippen LogP) is 4.68. The van der Waals surface area contributed by atoms with Crippen LogP contribution in [0.3, 0.4) is 0 Å². The number of aromatic amines is 1. The minimum atomic E-state index is 0.860. The Morgan fingerprint density at radius 1 is 1.09 bits per heavy atom. The number of H-pyrrole nitrogens is 1. The second-order valence-electron chi connectivity index (χ2n) is 5.18. The fourth-order valence-electron chi connectivity index (χ4n) is 2.38. The summed E-state index contributed by atoms with van der Waals surface area (Å²) in [5.41, 5.74) is 3.23. The number of nitrogens with one attached hydrogen (secondary N) is 1. The zero-order valence-corrected chi connectivity index (χ0v) is 14.1. The normalized spacial score (nSPS) is 11.2. The lowest BCUT2D eigenvalue weighted by Crippen LogP contribution is -1.80. The molecule has 0 radical (unpaired) electrons. The first-order valence-corrected chi connectivity index (χ1v) is 9.05. The highest BCUT2D eigenvalue weighted by molar-refractivity contribution is 7.98. The summed E-state index contributed by atoms with van der Waals surface area (Å²) >= 11 is 3.39. The van der Waals surface area contributed by atoms with Crippen molar-refractivity contribution in [2.75, 3.05) is 0 Å². The Labute approximate surface area is 142 Å². The Morgan fingerprint density at radius 3 is 2.74 bits per heavy atom. The van der Waals surface area contributed by atoms with Gasteiger partial charge in [-0.25, -0.2) is 0 Å². The van der Waals surface area contributed by atoms with Gasteiger partial charge in [-0.3, -0.25) is 5.10 Å². The number of benzene rings is 2. The number of aromatic nitrogens is 4. The molecule has 2 heterocycles. The zero-order valence-electron chi connectivity index (χ0n) is 12.5. The average Bonchev–Trinajstić information content (AvgIpc) is 3.19. The molecule has 0 aliphatic rings. The van der Waals surface area contributed by atoms with E-state index in [0.717, 1.165) is 32.4 Å². The van der Waals surface area contributed by atoms with Crippen LogP contribution in [0.2, 0.25) is 0 Å². The SMILES string of the molecule is Cc1nnc(-c2n[nH]c3ccc(SCc4ccccc4)cc23)s1. The zero-order chi connectivity index (χ0) is 15.6. The topological polar surface area (TPSA) is 54.5 Å². The lowest BCUT2D eigenvalue weighted by molar-refractivity contribution is 1.04. The molecule has 0 fully saturated rings. The third-order valence-electron chi connectivity index (χ3n) is 3.51. The summed E-state index contributed by atoms with van der Waals surface area (Å²) in [6, 6.07) is 16.9. The monoisotopic (exact) mass is 338 g/mol. The summed E-state index contributed by atoms with van der Waals surface area (Å²) in [4.78, 5) is 1.23. The van der Waals surface area contributed by atoms with Crippen LogP contribution in [0.1, 0.15) is 10.6 Å². The van der Waals surface area contributed by atoms with Crippen LogP contribution in [0.5, 0.6) is 0 Å². The Bertz CT molecular complexity index is 944. The van der Waals surface area contributed by atoms with Gasteiger partial charge in [0.2, 0.25) is 0 Å². The molecule has 23 heavy (non-hydrogen) atoms. The summed E-state index contributed by atoms with van der Waals surface area (Å²) in [6.07, 6.45) is 0. The number of fused-ring (bicyclic) bond motifs is 1. The molecule has 6 heteroatoms. The molecule has 0 aliphatic carbocycles. The fraction of sp³-hybridized carbons (Fsp3) is 0.118. The number of aryl methyl sites for hydroxylation is 1. The van der Waals surface area contributed by atoms with Gasteiger partial charge in [0, 0.05) is 16.0 Å². The third-order valence-corrected chi connectivity index (χ3v) is 5.42. The number of thioether (sulfide) groups is 1. The maximum absolute atomic E-state index is 4.41. The second kappa shape index (κ2) is 6.14. The van der Waals surface area contributed by atoms with E-state index in [1.807, 2.05) is 24.8 Å². The molecule has 0 saturated carbocycles. The van der Waals surface area contributed by atoms with Gasteiger partial charge in [-0.15, -0.1) is 22.0 Å². The largest absolute Gasteiger partial charge is 0.277 e. The van der Waals surface area contributed by atoms with E-state index < -0.39 is 0 Å². The molecule has 1 N–H and O–H groups in total. The number of hydrogen-bond donors (Lipinski definition) is 1. The molecular formula is C17H14N4S2. The maximum Gasteiger partial charge on any atom is 0.168 e. The molecule has 2 aromatic carbocycles. The minimum absolute atomic E-state index is 0.860. The highest BCUT2D eigenvalue weighted by Gasteiger charge is 2.13. The lowest BCUT2D eigenvalue weighted by atomic mass is 10.2. The van der Waals surface area contributed by atoms with Gasteiger partial charge in [0.1, 0.15) is 10.7 Å². The molecular weight excluding hydrogens is 324 g/mol. The van der Waals surface area contributed by atoms with Crippen molar-refractivity contribution in [3.05, 3.63) is 59.1 Å². The molecule has 4 nitrogen and oxygen atoms in total. The molecule has 2 aromatic heterocycles. The van der Waals surface area contributed by atoms with Crippen molar-refractivity contribution < 1.29 is 0 Å². The standard InChI is InChI=1S/C17H14N4S2/c1-11-18-21-17(23-11)16-14-9-13(7-8-15(14)19-20-16)22-10-12-5-3-2-4-6-12/h2-9H,10H2,1H3,(H,19,20). The number of nitrogens with zero attached hydrogens (tertiary/aromatic N) is 3. The van der Waals surface area contributed by atoms with Crippen molar-refractivity contribution in [2.24, 2.45) is 0 Å². The molecule has 0 aliphatic heterocycles. The number of hydrogen-bond acceptors (Lipinski definition) is 5. The first kappa shape index (κ1) is 14.4. The van der Waals surface area contributed by atoms with Gasteiger partial charge in [0.25, 0.3) is 0 Å². The van der Waals surface area contributed by atoms with Crippen LogP contribution < -0.4 is 0 Å². The van der Waals surface area contributed by atoms with Gasteiger partial charge < -0.3 is 0 Å². The van der Waals surface area contributed by atoms with Crippen LogP contribution in [0, 0.1) is 6.92 Å². The van der Waals surface area contributed by atoms with Crippen molar-refractivity contribution in [3.8, 4) is 10.7 Å². The second-order valence-corrected chi connectivity index (χ2v) is 7.41. The fourth-order valence-corrected chi connectivity index (χ4v) is 3.97. The Hall–Kier alpha value is -2.18. The highest BCUT2D eigenvalue weighted by atomic mass is 32.2. The quantitative estimate of drug-likeness (QED) is 0.549. The van der Waals surface area contributed by atoms with Crippen LogP contribution >= 0.6 is 23.1 Å². The van der Waals surface area contributed by atoms with E-state index >= 15 is 0 Å². The van der Waals surface area contributed by atoms with E-state index in [1.165, 1.54) is 10.5 Å². The highest BCUT2D eigenvalue weighted by Crippen LogP contribution is 2.32. The first-order valence-electron chi connectivity index (χ1n) is 7.25. The van der Waals surface area contributed by atoms with Gasteiger partial charge in [0.15, 0.2) is 5.01 Å². The van der Waals surface area contributed by atoms with E-state index in [2.05, 4.69) is 62.9 Å². The van der Waals surface area contributed by atoms with Crippen molar-refractivity contribution in [3.63, 3.8) is 0 Å². The van der Waals surface area contributed by atoms with E-state index in [9.17, 15) is 0 Å². The van der Waals surface area contributed by atoms with E-state index in [-0.39, 0.29) is 0 Å². The number of rotatable bonds is 4. The Kier molecular flexibility index (Phi) is 3.85. The minimum Gasteiger partial charge on any atom is -0.277 e. The predicted molar refractivity (Wildman–Crippen MR) is 95.7 cm³/mol. The molecule has 4 aromatic rings. The molecule has 4 rings (SSSR count). The van der Waals surface area contributed by atoms with Crippen LogP contribution in [0.15, 0.2) is 53.4 Å². The smallest absolute Gasteiger partial charge is 0.168 e. The van der Waals surface area contributed by atoms with Crippen LogP contribution in [-0.2, 0) is 5.75 Å². The molecule has 0 amide bonds. The van der Waals surface area contributed by atoms with Gasteiger partial charge in [0.05, 0.1) is 5.52 Å². The Balaban J connectivity index is 1.64. The van der Waals surface area contributed by atoms with Crippen molar-refractivity contribution in [2.45, 2.75) is 17.6 Å². The van der Waals surface area contributed by atoms with Crippen molar-refractivity contribution in [1.29, 1.82) is 0 Å². The summed E-state index contributed by atoms with van der Waals surface area (Å²) in [5, 5.41) is 18.7. The Morgan fingerprint density at radius 2 is 1.96 bits per heavy atom. The van der Waals surface area contributed by atoms with Gasteiger partial charge in [-0.05, 0) is 30.7 Å². The van der Waals surface area contributed by atoms with Gasteiger partial charge in [-0.2, -0.15) is 5.10 Å². The van der Waals surface area contributed by atoms with Crippen LogP contribution in [-0.4, -0.2) is 20.4 Å². The molecule has 0 atom stereocenters. The summed E-state index contributed by atoms with van der Waals surface area (Å²) in [6.45, 7) is 1.96. The van der Waals surface area contributed by atoms with Crippen molar-refractivity contribution in [1.82, 2.24) is 20.4 Å². The molecule has 0 unspecified atom stereocenters. The maximum atomic E-state index is 4.41. The molecule has 0 saturated heterocycles. The van der Waals surface area contributed by atoms with Crippen molar-refractivity contribution >= 4 is 34.0 Å². The molecule has 114 valence electrons. The van der Waals surface area contributed by atoms with Gasteiger partial charge >= 0.3 is 0 Å². The third kappa shape index (κ3) is 3.00. The molecule has 0 bridgehead atoms. The average molecular weight is 338 g/mol. The van der Waals surface area contributed by atoms with E-state index in [0.29, 0.717) is 0 Å². The van der Waals surface area contributed by atoms with Crippen LogP contribution in [0.25, 0.3) is 21.6 Å². The lowest BCUT2D eigenvalue weighted by Gasteiger charge is -2.02. The molecule has 0 spiro atoms. The first-order chi connectivity index (χ1) is 11.3. The summed E-state index contributed by atoms with van der Waals surface area (Å²) < 4.78 is 0. The van der Waals surface area contributed by atoms with Gasteiger partial charge in [-0.1, -0.05) is 41.7 Å². The van der Waals surface area contributed by atoms with E-state index in [4.69, 9.17) is 0 Å². The summed E-state index contributed by atoms with van der Waals surface area (Å²) in [7, 11) is 0.